The number of fused-ring (bicyclic) bond motifs is 1. The van der Waals surface area contributed by atoms with Gasteiger partial charge in [-0.3, -0.25) is 9.59 Å². The van der Waals surface area contributed by atoms with Crippen LogP contribution < -0.4 is 20.5 Å². The molecule has 0 saturated carbocycles. The Bertz CT molecular complexity index is 898. The summed E-state index contributed by atoms with van der Waals surface area (Å²) in [6.07, 6.45) is 0.176. The first kappa shape index (κ1) is 21.4. The van der Waals surface area contributed by atoms with Crippen molar-refractivity contribution in [3.05, 3.63) is 34.3 Å². The van der Waals surface area contributed by atoms with Crippen molar-refractivity contribution >= 4 is 34.9 Å². The maximum absolute atomic E-state index is 12.6. The van der Waals surface area contributed by atoms with Crippen molar-refractivity contribution in [1.82, 2.24) is 10.3 Å². The predicted octanol–water partition coefficient (Wildman–Crippen LogP) is 2.86. The average molecular weight is 436 g/mol. The van der Waals surface area contributed by atoms with Crippen molar-refractivity contribution in [2.24, 2.45) is 11.7 Å². The first-order valence-corrected chi connectivity index (χ1v) is 11.2. The molecule has 3 rings (SSSR count). The Morgan fingerprint density at radius 2 is 2.00 bits per heavy atom. The number of amides is 2. The SMILES string of the molecule is Cc1nc(SCC(=O)N[C@H](c2ccc3c(c2)OCCO3)C(C)C)sc1CC(N)=O. The van der Waals surface area contributed by atoms with Crippen LogP contribution in [-0.4, -0.2) is 35.8 Å². The van der Waals surface area contributed by atoms with Crippen LogP contribution in [0.3, 0.4) is 0 Å². The van der Waals surface area contributed by atoms with Gasteiger partial charge in [0, 0.05) is 4.88 Å². The van der Waals surface area contributed by atoms with E-state index >= 15 is 0 Å². The molecule has 0 bridgehead atoms. The molecule has 1 aliphatic rings. The fourth-order valence-corrected chi connectivity index (χ4v) is 5.07. The van der Waals surface area contributed by atoms with Crippen LogP contribution in [0.2, 0.25) is 0 Å². The minimum atomic E-state index is -0.384. The Hall–Kier alpha value is -2.26. The van der Waals surface area contributed by atoms with Crippen LogP contribution in [0.4, 0.5) is 0 Å². The zero-order chi connectivity index (χ0) is 21.0. The van der Waals surface area contributed by atoms with Gasteiger partial charge in [-0.15, -0.1) is 11.3 Å². The van der Waals surface area contributed by atoms with Crippen molar-refractivity contribution in [2.45, 2.75) is 37.6 Å². The first-order chi connectivity index (χ1) is 13.8. The maximum atomic E-state index is 12.6. The second-order valence-corrected chi connectivity index (χ2v) is 9.42. The van der Waals surface area contributed by atoms with Gasteiger partial charge in [-0.1, -0.05) is 31.7 Å². The zero-order valence-corrected chi connectivity index (χ0v) is 18.3. The van der Waals surface area contributed by atoms with Crippen molar-refractivity contribution in [2.75, 3.05) is 19.0 Å². The third-order valence-electron chi connectivity index (χ3n) is 4.44. The quantitative estimate of drug-likeness (QED) is 0.618. The number of aryl methyl sites for hydroxylation is 1. The number of hydrogen-bond donors (Lipinski definition) is 2. The van der Waals surface area contributed by atoms with E-state index in [9.17, 15) is 9.59 Å². The number of ether oxygens (including phenoxy) is 2. The number of thiazole rings is 1. The van der Waals surface area contributed by atoms with E-state index in [1.807, 2.05) is 25.1 Å². The fourth-order valence-electron chi connectivity index (χ4n) is 3.02. The molecule has 0 aliphatic carbocycles. The third kappa shape index (κ3) is 5.63. The van der Waals surface area contributed by atoms with E-state index < -0.39 is 0 Å². The Balaban J connectivity index is 1.62. The summed E-state index contributed by atoms with van der Waals surface area (Å²) in [4.78, 5) is 29.0. The van der Waals surface area contributed by atoms with Gasteiger partial charge in [0.15, 0.2) is 15.8 Å². The highest BCUT2D eigenvalue weighted by Gasteiger charge is 2.22. The normalized spacial score (nSPS) is 13.9. The number of thioether (sulfide) groups is 1. The molecular formula is C20H25N3O4S2. The highest BCUT2D eigenvalue weighted by atomic mass is 32.2. The topological polar surface area (TPSA) is 104 Å². The molecule has 2 heterocycles. The van der Waals surface area contributed by atoms with Crippen molar-refractivity contribution in [3.63, 3.8) is 0 Å². The van der Waals surface area contributed by atoms with Crippen LogP contribution in [0.1, 0.15) is 36.0 Å². The van der Waals surface area contributed by atoms with Crippen molar-refractivity contribution < 1.29 is 19.1 Å². The molecule has 2 amide bonds. The highest BCUT2D eigenvalue weighted by Crippen LogP contribution is 2.34. The molecule has 9 heteroatoms. The molecule has 1 aromatic carbocycles. The number of carbonyl (C=O) groups is 2. The Labute approximate surface area is 178 Å². The van der Waals surface area contributed by atoms with E-state index in [1.165, 1.54) is 23.1 Å². The van der Waals surface area contributed by atoms with Crippen LogP contribution in [0.25, 0.3) is 0 Å². The lowest BCUT2D eigenvalue weighted by Crippen LogP contribution is -2.33. The Morgan fingerprint density at radius 1 is 1.28 bits per heavy atom. The minimum absolute atomic E-state index is 0.0760. The summed E-state index contributed by atoms with van der Waals surface area (Å²) >= 11 is 2.77. The number of hydrogen-bond acceptors (Lipinski definition) is 7. The highest BCUT2D eigenvalue weighted by molar-refractivity contribution is 8.01. The molecule has 29 heavy (non-hydrogen) atoms. The number of nitrogens with zero attached hydrogens (tertiary/aromatic N) is 1. The zero-order valence-electron chi connectivity index (χ0n) is 16.7. The summed E-state index contributed by atoms with van der Waals surface area (Å²) in [7, 11) is 0. The van der Waals surface area contributed by atoms with E-state index in [2.05, 4.69) is 24.1 Å². The summed E-state index contributed by atoms with van der Waals surface area (Å²) in [6, 6.07) is 5.65. The fraction of sp³-hybridized carbons (Fsp3) is 0.450. The minimum Gasteiger partial charge on any atom is -0.486 e. The standard InChI is InChI=1S/C20H25N3O4S2/c1-11(2)19(13-4-5-14-15(8-13)27-7-6-26-14)23-18(25)10-28-20-22-12(3)16(29-20)9-17(21)24/h4-5,8,11,19H,6-7,9-10H2,1-3H3,(H2,21,24)(H,23,25)/t19-/m0/s1. The smallest absolute Gasteiger partial charge is 0.230 e. The first-order valence-electron chi connectivity index (χ1n) is 9.39. The van der Waals surface area contributed by atoms with Crippen LogP contribution >= 0.6 is 23.1 Å². The van der Waals surface area contributed by atoms with Gasteiger partial charge >= 0.3 is 0 Å². The summed E-state index contributed by atoms with van der Waals surface area (Å²) in [5, 5.41) is 3.11. The summed E-state index contributed by atoms with van der Waals surface area (Å²) < 4.78 is 12.0. The molecule has 3 N–H and O–H groups in total. The van der Waals surface area contributed by atoms with Gasteiger partial charge in [0.25, 0.3) is 0 Å². The van der Waals surface area contributed by atoms with Gasteiger partial charge in [-0.25, -0.2) is 4.98 Å². The van der Waals surface area contributed by atoms with Gasteiger partial charge in [-0.05, 0) is 30.5 Å². The molecule has 1 aromatic heterocycles. The largest absolute Gasteiger partial charge is 0.486 e. The van der Waals surface area contributed by atoms with Gasteiger partial charge in [0.05, 0.1) is 23.9 Å². The van der Waals surface area contributed by atoms with E-state index in [-0.39, 0.29) is 35.9 Å². The van der Waals surface area contributed by atoms with Crippen LogP contribution in [0.15, 0.2) is 22.5 Å². The second-order valence-electron chi connectivity index (χ2n) is 7.11. The maximum Gasteiger partial charge on any atom is 0.230 e. The molecular weight excluding hydrogens is 410 g/mol. The predicted molar refractivity (Wildman–Crippen MR) is 114 cm³/mol. The number of nitrogens with one attached hydrogen (secondary N) is 1. The summed E-state index contributed by atoms with van der Waals surface area (Å²) in [5.41, 5.74) is 7.03. The molecule has 1 aliphatic heterocycles. The number of benzene rings is 1. The van der Waals surface area contributed by atoms with Crippen LogP contribution in [0, 0.1) is 12.8 Å². The number of aromatic nitrogens is 1. The number of carbonyl (C=O) groups excluding carboxylic acids is 2. The van der Waals surface area contributed by atoms with Crippen molar-refractivity contribution in [1.29, 1.82) is 0 Å². The summed E-state index contributed by atoms with van der Waals surface area (Å²) in [5.74, 6) is 1.43. The van der Waals surface area contributed by atoms with E-state index in [0.29, 0.717) is 19.0 Å². The molecule has 0 unspecified atom stereocenters. The molecule has 0 radical (unpaired) electrons. The molecule has 156 valence electrons. The van der Waals surface area contributed by atoms with Gasteiger partial charge < -0.3 is 20.5 Å². The molecule has 2 aromatic rings. The number of nitrogens with two attached hydrogens (primary N) is 1. The lowest BCUT2D eigenvalue weighted by atomic mass is 9.95. The van der Waals surface area contributed by atoms with Crippen molar-refractivity contribution in [3.8, 4) is 11.5 Å². The average Bonchev–Trinajstić information content (AvgIpc) is 3.02. The van der Waals surface area contributed by atoms with Gasteiger partial charge in [0.1, 0.15) is 13.2 Å². The van der Waals surface area contributed by atoms with Gasteiger partial charge in [-0.2, -0.15) is 0 Å². The molecule has 0 fully saturated rings. The molecule has 0 spiro atoms. The second kappa shape index (κ2) is 9.49. The summed E-state index contributed by atoms with van der Waals surface area (Å²) in [6.45, 7) is 7.04. The van der Waals surface area contributed by atoms with Crippen LogP contribution in [-0.2, 0) is 16.0 Å². The lowest BCUT2D eigenvalue weighted by Gasteiger charge is -2.25. The van der Waals surface area contributed by atoms with Gasteiger partial charge in [0.2, 0.25) is 11.8 Å². The molecule has 0 saturated heterocycles. The van der Waals surface area contributed by atoms with E-state index in [0.717, 1.165) is 26.2 Å². The van der Waals surface area contributed by atoms with E-state index in [1.54, 1.807) is 0 Å². The number of primary amides is 1. The molecule has 7 nitrogen and oxygen atoms in total. The lowest BCUT2D eigenvalue weighted by molar-refractivity contribution is -0.119. The number of rotatable bonds is 8. The Morgan fingerprint density at radius 3 is 2.69 bits per heavy atom. The Kier molecular flexibility index (Phi) is 7.02. The third-order valence-corrected chi connectivity index (χ3v) is 6.74. The van der Waals surface area contributed by atoms with E-state index in [4.69, 9.17) is 15.2 Å². The molecule has 1 atom stereocenters. The van der Waals surface area contributed by atoms with Crippen LogP contribution in [0.5, 0.6) is 11.5 Å². The monoisotopic (exact) mass is 435 g/mol.